The van der Waals surface area contributed by atoms with Crippen LogP contribution in [0.4, 0.5) is 17.2 Å². The Morgan fingerprint density at radius 2 is 1.69 bits per heavy atom. The van der Waals surface area contributed by atoms with E-state index in [0.717, 1.165) is 30.2 Å². The average Bonchev–Trinajstić information content (AvgIpc) is 2.79. The molecule has 0 aliphatic carbocycles. The van der Waals surface area contributed by atoms with Crippen molar-refractivity contribution >= 4 is 23.1 Å². The van der Waals surface area contributed by atoms with Crippen molar-refractivity contribution in [1.82, 2.24) is 14.9 Å². The number of nitrogens with one attached hydrogen (secondary N) is 1. The second-order valence-electron chi connectivity index (χ2n) is 6.73. The Labute approximate surface area is 170 Å². The van der Waals surface area contributed by atoms with Crippen LogP contribution in [0.5, 0.6) is 5.75 Å². The summed E-state index contributed by atoms with van der Waals surface area (Å²) < 4.78 is 5.46. The van der Waals surface area contributed by atoms with Crippen molar-refractivity contribution in [3.8, 4) is 5.75 Å². The van der Waals surface area contributed by atoms with Gasteiger partial charge in [-0.3, -0.25) is 4.79 Å². The molecule has 0 atom stereocenters. The SMILES string of the molecule is COc1ccccc1N1CCN(C(=O)c2cc(Nc3ccccc3)ncn2)CC1. The van der Waals surface area contributed by atoms with E-state index in [0.29, 0.717) is 24.6 Å². The van der Waals surface area contributed by atoms with Crippen molar-refractivity contribution in [2.75, 3.05) is 43.5 Å². The summed E-state index contributed by atoms with van der Waals surface area (Å²) >= 11 is 0. The standard InChI is InChI=1S/C22H23N5O2/c1-29-20-10-6-5-9-19(20)26-11-13-27(14-12-26)22(28)18-15-21(24-16-23-18)25-17-7-3-2-4-8-17/h2-10,15-16H,11-14H2,1H3,(H,23,24,25). The molecule has 3 aromatic rings. The van der Waals surface area contributed by atoms with Gasteiger partial charge in [-0.05, 0) is 24.3 Å². The van der Waals surface area contributed by atoms with Crippen molar-refractivity contribution in [1.29, 1.82) is 0 Å². The predicted molar refractivity (Wildman–Crippen MR) is 113 cm³/mol. The Bertz CT molecular complexity index is 972. The molecular weight excluding hydrogens is 366 g/mol. The highest BCUT2D eigenvalue weighted by atomic mass is 16.5. The fraction of sp³-hybridized carbons (Fsp3) is 0.227. The monoisotopic (exact) mass is 389 g/mol. The zero-order valence-corrected chi connectivity index (χ0v) is 16.3. The number of methoxy groups -OCH3 is 1. The minimum atomic E-state index is -0.0804. The summed E-state index contributed by atoms with van der Waals surface area (Å²) in [6, 6.07) is 19.4. The number of hydrogen-bond donors (Lipinski definition) is 1. The van der Waals surface area contributed by atoms with E-state index in [1.54, 1.807) is 13.2 Å². The average molecular weight is 389 g/mol. The molecule has 0 bridgehead atoms. The molecule has 0 radical (unpaired) electrons. The summed E-state index contributed by atoms with van der Waals surface area (Å²) in [4.78, 5) is 25.4. The zero-order valence-electron chi connectivity index (χ0n) is 16.3. The molecule has 1 aliphatic heterocycles. The minimum Gasteiger partial charge on any atom is -0.495 e. The summed E-state index contributed by atoms with van der Waals surface area (Å²) in [5.74, 6) is 1.37. The molecule has 1 aliphatic rings. The molecule has 2 aromatic carbocycles. The lowest BCUT2D eigenvalue weighted by Crippen LogP contribution is -2.49. The number of rotatable bonds is 5. The fourth-order valence-electron chi connectivity index (χ4n) is 3.42. The Morgan fingerprint density at radius 3 is 2.45 bits per heavy atom. The van der Waals surface area contributed by atoms with Crippen molar-refractivity contribution in [3.05, 3.63) is 72.7 Å². The molecule has 4 rings (SSSR count). The molecule has 1 aromatic heterocycles. The molecule has 2 heterocycles. The van der Waals surface area contributed by atoms with Gasteiger partial charge < -0.3 is 19.9 Å². The number of carbonyl (C=O) groups excluding carboxylic acids is 1. The lowest BCUT2D eigenvalue weighted by Gasteiger charge is -2.36. The Kier molecular flexibility index (Phi) is 5.56. The van der Waals surface area contributed by atoms with Gasteiger partial charge in [-0.1, -0.05) is 30.3 Å². The first kappa shape index (κ1) is 18.7. The molecule has 1 saturated heterocycles. The maximum Gasteiger partial charge on any atom is 0.272 e. The van der Waals surface area contributed by atoms with Crippen molar-refractivity contribution in [3.63, 3.8) is 0 Å². The highest BCUT2D eigenvalue weighted by molar-refractivity contribution is 5.93. The van der Waals surface area contributed by atoms with Gasteiger partial charge in [0.15, 0.2) is 0 Å². The number of anilines is 3. The van der Waals surface area contributed by atoms with Crippen LogP contribution in [0.1, 0.15) is 10.5 Å². The highest BCUT2D eigenvalue weighted by Crippen LogP contribution is 2.28. The molecule has 148 valence electrons. The molecule has 7 heteroatoms. The third kappa shape index (κ3) is 4.29. The predicted octanol–water partition coefficient (Wildman–Crippen LogP) is 3.19. The molecule has 0 saturated carbocycles. The number of ether oxygens (including phenoxy) is 1. The molecule has 29 heavy (non-hydrogen) atoms. The molecule has 1 amide bonds. The number of aromatic nitrogens is 2. The molecule has 0 spiro atoms. The first-order valence-corrected chi connectivity index (χ1v) is 9.56. The summed E-state index contributed by atoms with van der Waals surface area (Å²) in [5, 5.41) is 3.20. The van der Waals surface area contributed by atoms with Crippen LogP contribution in [0.25, 0.3) is 0 Å². The Morgan fingerprint density at radius 1 is 0.966 bits per heavy atom. The van der Waals surface area contributed by atoms with Gasteiger partial charge in [-0.25, -0.2) is 9.97 Å². The minimum absolute atomic E-state index is 0.0804. The Hall–Kier alpha value is -3.61. The van der Waals surface area contributed by atoms with Gasteiger partial charge in [-0.2, -0.15) is 0 Å². The van der Waals surface area contributed by atoms with Gasteiger partial charge >= 0.3 is 0 Å². The third-order valence-electron chi connectivity index (χ3n) is 4.93. The quantitative estimate of drug-likeness (QED) is 0.723. The van der Waals surface area contributed by atoms with Gasteiger partial charge in [0.05, 0.1) is 12.8 Å². The number of benzene rings is 2. The largest absolute Gasteiger partial charge is 0.495 e. The third-order valence-corrected chi connectivity index (χ3v) is 4.93. The van der Waals surface area contributed by atoms with E-state index in [2.05, 4.69) is 20.2 Å². The second kappa shape index (κ2) is 8.60. The van der Waals surface area contributed by atoms with Crippen molar-refractivity contribution in [2.45, 2.75) is 0 Å². The van der Waals surface area contributed by atoms with Crippen molar-refractivity contribution in [2.24, 2.45) is 0 Å². The summed E-state index contributed by atoms with van der Waals surface area (Å²) in [7, 11) is 1.68. The number of amides is 1. The van der Waals surface area contributed by atoms with Crippen LogP contribution in [-0.4, -0.2) is 54.1 Å². The summed E-state index contributed by atoms with van der Waals surface area (Å²) in [5.41, 5.74) is 2.36. The van der Waals surface area contributed by atoms with E-state index in [-0.39, 0.29) is 5.91 Å². The van der Waals surface area contributed by atoms with Gasteiger partial charge in [0.25, 0.3) is 5.91 Å². The molecule has 1 fully saturated rings. The molecule has 1 N–H and O–H groups in total. The van der Waals surface area contributed by atoms with Gasteiger partial charge in [0.2, 0.25) is 0 Å². The van der Waals surface area contributed by atoms with Crippen LogP contribution in [0.2, 0.25) is 0 Å². The maximum absolute atomic E-state index is 12.9. The number of hydrogen-bond acceptors (Lipinski definition) is 6. The van der Waals surface area contributed by atoms with Crippen LogP contribution < -0.4 is 15.0 Å². The second-order valence-corrected chi connectivity index (χ2v) is 6.73. The van der Waals surface area contributed by atoms with E-state index in [1.165, 1.54) is 6.33 Å². The molecule has 7 nitrogen and oxygen atoms in total. The van der Waals surface area contributed by atoms with Crippen LogP contribution in [0.3, 0.4) is 0 Å². The van der Waals surface area contributed by atoms with E-state index < -0.39 is 0 Å². The number of carbonyl (C=O) groups is 1. The van der Waals surface area contributed by atoms with E-state index in [9.17, 15) is 4.79 Å². The topological polar surface area (TPSA) is 70.6 Å². The zero-order chi connectivity index (χ0) is 20.1. The normalized spacial score (nSPS) is 13.8. The van der Waals surface area contributed by atoms with Crippen LogP contribution >= 0.6 is 0 Å². The van der Waals surface area contributed by atoms with Gasteiger partial charge in [0.1, 0.15) is 23.6 Å². The summed E-state index contributed by atoms with van der Waals surface area (Å²) in [6.45, 7) is 2.74. The lowest BCUT2D eigenvalue weighted by molar-refractivity contribution is 0.0740. The molecule has 0 unspecified atom stereocenters. The molecular formula is C22H23N5O2. The van der Waals surface area contributed by atoms with E-state index in [1.807, 2.05) is 59.5 Å². The summed E-state index contributed by atoms with van der Waals surface area (Å²) in [6.07, 6.45) is 1.42. The lowest BCUT2D eigenvalue weighted by atomic mass is 10.2. The van der Waals surface area contributed by atoms with Gasteiger partial charge in [-0.15, -0.1) is 0 Å². The number of piperazine rings is 1. The van der Waals surface area contributed by atoms with Crippen LogP contribution in [-0.2, 0) is 0 Å². The maximum atomic E-state index is 12.9. The number of nitrogens with zero attached hydrogens (tertiary/aromatic N) is 4. The van der Waals surface area contributed by atoms with Gasteiger partial charge in [0, 0.05) is 37.9 Å². The van der Waals surface area contributed by atoms with Crippen LogP contribution in [0.15, 0.2) is 67.0 Å². The Balaban J connectivity index is 1.41. The van der Waals surface area contributed by atoms with E-state index >= 15 is 0 Å². The first-order valence-electron chi connectivity index (χ1n) is 9.56. The smallest absolute Gasteiger partial charge is 0.272 e. The van der Waals surface area contributed by atoms with E-state index in [4.69, 9.17) is 4.74 Å². The number of para-hydroxylation sites is 3. The van der Waals surface area contributed by atoms with Crippen molar-refractivity contribution < 1.29 is 9.53 Å². The first-order chi connectivity index (χ1) is 14.2. The van der Waals surface area contributed by atoms with Crippen LogP contribution in [0, 0.1) is 0 Å². The fourth-order valence-corrected chi connectivity index (χ4v) is 3.42. The highest BCUT2D eigenvalue weighted by Gasteiger charge is 2.24.